The fourth-order valence-corrected chi connectivity index (χ4v) is 3.54. The standard InChI is InChI=1S/C21H25F2N7O3/c1-21(2,3)33-20(31)29-8-4-5-14(10-29)16-12-30(28-25-16)11-15-7-6-13(9-24-15)18-26-27-19(32-18)17(22)23/h6-7,9,12,14,17H,4-5,8,10-11H2,1-3H3. The van der Waals surface area contributed by atoms with E-state index in [1.807, 2.05) is 27.0 Å². The molecule has 1 saturated heterocycles. The molecule has 1 atom stereocenters. The molecule has 4 rings (SSSR count). The number of ether oxygens (including phenoxy) is 1. The van der Waals surface area contributed by atoms with Gasteiger partial charge in [0.1, 0.15) is 5.60 Å². The first kappa shape index (κ1) is 22.7. The molecule has 0 N–H and O–H groups in total. The molecule has 12 heteroatoms. The van der Waals surface area contributed by atoms with Gasteiger partial charge in [0, 0.05) is 31.4 Å². The zero-order valence-corrected chi connectivity index (χ0v) is 18.6. The molecular formula is C21H25F2N7O3. The number of rotatable bonds is 5. The van der Waals surface area contributed by atoms with E-state index in [1.54, 1.807) is 21.7 Å². The second kappa shape index (κ2) is 9.20. The number of carbonyl (C=O) groups is 1. The lowest BCUT2D eigenvalue weighted by atomic mass is 9.95. The molecule has 0 spiro atoms. The van der Waals surface area contributed by atoms with Crippen molar-refractivity contribution in [2.24, 2.45) is 0 Å². The van der Waals surface area contributed by atoms with Gasteiger partial charge in [-0.15, -0.1) is 15.3 Å². The minimum absolute atomic E-state index is 0.0146. The molecule has 1 aliphatic rings. The van der Waals surface area contributed by atoms with Gasteiger partial charge in [0.25, 0.3) is 5.89 Å². The van der Waals surface area contributed by atoms with Crippen LogP contribution in [0.2, 0.25) is 0 Å². The number of likely N-dealkylation sites (tertiary alicyclic amines) is 1. The summed E-state index contributed by atoms with van der Waals surface area (Å²) in [7, 11) is 0. The Balaban J connectivity index is 1.38. The molecular weight excluding hydrogens is 436 g/mol. The van der Waals surface area contributed by atoms with Gasteiger partial charge in [0.05, 0.1) is 23.5 Å². The fraction of sp³-hybridized carbons (Fsp3) is 0.524. The Morgan fingerprint density at radius 1 is 1.27 bits per heavy atom. The van der Waals surface area contributed by atoms with E-state index >= 15 is 0 Å². The van der Waals surface area contributed by atoms with Crippen molar-refractivity contribution in [1.82, 2.24) is 35.1 Å². The normalized spacial score (nSPS) is 16.9. The number of piperidine rings is 1. The SMILES string of the molecule is CC(C)(C)OC(=O)N1CCCC(c2cn(Cc3ccc(-c4nnc(C(F)F)o4)cn3)nn2)C1. The number of carbonyl (C=O) groups excluding carboxylic acids is 1. The summed E-state index contributed by atoms with van der Waals surface area (Å²) >= 11 is 0. The molecule has 1 aliphatic heterocycles. The van der Waals surface area contributed by atoms with E-state index in [0.29, 0.717) is 30.9 Å². The van der Waals surface area contributed by atoms with Crippen molar-refractivity contribution in [3.63, 3.8) is 0 Å². The van der Waals surface area contributed by atoms with Crippen molar-refractivity contribution in [1.29, 1.82) is 0 Å². The van der Waals surface area contributed by atoms with E-state index in [0.717, 1.165) is 18.5 Å². The van der Waals surface area contributed by atoms with Gasteiger partial charge in [-0.3, -0.25) is 4.98 Å². The zero-order chi connectivity index (χ0) is 23.6. The van der Waals surface area contributed by atoms with Gasteiger partial charge in [0.2, 0.25) is 5.89 Å². The van der Waals surface area contributed by atoms with Crippen LogP contribution in [0.15, 0.2) is 28.9 Å². The van der Waals surface area contributed by atoms with Crippen molar-refractivity contribution in [3.8, 4) is 11.5 Å². The summed E-state index contributed by atoms with van der Waals surface area (Å²) in [6, 6.07) is 3.40. The number of hydrogen-bond donors (Lipinski definition) is 0. The second-order valence-corrected chi connectivity index (χ2v) is 8.89. The Labute approximate surface area is 189 Å². The summed E-state index contributed by atoms with van der Waals surface area (Å²) < 4.78 is 37.3. The second-order valence-electron chi connectivity index (χ2n) is 8.89. The van der Waals surface area contributed by atoms with Crippen LogP contribution in [0, 0.1) is 0 Å². The van der Waals surface area contributed by atoms with Crippen LogP contribution >= 0.6 is 0 Å². The Bertz CT molecular complexity index is 1090. The molecule has 1 unspecified atom stereocenters. The Morgan fingerprint density at radius 2 is 2.09 bits per heavy atom. The maximum Gasteiger partial charge on any atom is 0.410 e. The first-order valence-electron chi connectivity index (χ1n) is 10.6. The average molecular weight is 461 g/mol. The Kier molecular flexibility index (Phi) is 6.34. The van der Waals surface area contributed by atoms with Gasteiger partial charge in [-0.25, -0.2) is 9.48 Å². The van der Waals surface area contributed by atoms with E-state index in [4.69, 9.17) is 9.15 Å². The van der Waals surface area contributed by atoms with Gasteiger partial charge >= 0.3 is 12.5 Å². The summed E-state index contributed by atoms with van der Waals surface area (Å²) in [5, 5.41) is 15.4. The summed E-state index contributed by atoms with van der Waals surface area (Å²) in [5.74, 6) is -0.659. The first-order valence-corrected chi connectivity index (χ1v) is 10.6. The molecule has 0 bridgehead atoms. The van der Waals surface area contributed by atoms with Crippen molar-refractivity contribution in [2.75, 3.05) is 13.1 Å². The van der Waals surface area contributed by atoms with E-state index < -0.39 is 17.9 Å². The molecule has 10 nitrogen and oxygen atoms in total. The average Bonchev–Trinajstić information content (AvgIpc) is 3.43. The maximum atomic E-state index is 12.6. The highest BCUT2D eigenvalue weighted by Gasteiger charge is 2.29. The summed E-state index contributed by atoms with van der Waals surface area (Å²) in [6.45, 7) is 7.12. The van der Waals surface area contributed by atoms with Crippen LogP contribution in [-0.4, -0.2) is 59.9 Å². The molecule has 0 aromatic carbocycles. The molecule has 3 aromatic heterocycles. The van der Waals surface area contributed by atoms with Gasteiger partial charge in [-0.05, 0) is 45.7 Å². The number of nitrogens with zero attached hydrogens (tertiary/aromatic N) is 7. The summed E-state index contributed by atoms with van der Waals surface area (Å²) in [5.41, 5.74) is 1.42. The highest BCUT2D eigenvalue weighted by molar-refractivity contribution is 5.68. The molecule has 0 aliphatic carbocycles. The fourth-order valence-electron chi connectivity index (χ4n) is 3.54. The van der Waals surface area contributed by atoms with Crippen LogP contribution < -0.4 is 0 Å². The van der Waals surface area contributed by atoms with E-state index in [2.05, 4.69) is 25.5 Å². The lowest BCUT2D eigenvalue weighted by Gasteiger charge is -2.33. The van der Waals surface area contributed by atoms with Gasteiger partial charge < -0.3 is 14.1 Å². The Hall–Kier alpha value is -3.44. The van der Waals surface area contributed by atoms with Crippen LogP contribution in [-0.2, 0) is 11.3 Å². The first-order chi connectivity index (χ1) is 15.7. The van der Waals surface area contributed by atoms with Crippen LogP contribution in [0.25, 0.3) is 11.5 Å². The Morgan fingerprint density at radius 3 is 2.76 bits per heavy atom. The molecule has 176 valence electrons. The molecule has 4 heterocycles. The quantitative estimate of drug-likeness (QED) is 0.564. The van der Waals surface area contributed by atoms with Crippen molar-refractivity contribution < 1.29 is 22.7 Å². The molecule has 0 radical (unpaired) electrons. The molecule has 1 fully saturated rings. The van der Waals surface area contributed by atoms with Crippen LogP contribution in [0.5, 0.6) is 0 Å². The van der Waals surface area contributed by atoms with Crippen LogP contribution in [0.1, 0.15) is 63.2 Å². The number of hydrogen-bond acceptors (Lipinski definition) is 8. The van der Waals surface area contributed by atoms with Crippen LogP contribution in [0.3, 0.4) is 0 Å². The predicted molar refractivity (Wildman–Crippen MR) is 111 cm³/mol. The number of pyridine rings is 1. The number of halogens is 2. The van der Waals surface area contributed by atoms with Gasteiger partial charge in [-0.1, -0.05) is 5.21 Å². The third-order valence-electron chi connectivity index (χ3n) is 5.07. The van der Waals surface area contributed by atoms with E-state index in [1.165, 1.54) is 6.20 Å². The summed E-state index contributed by atoms with van der Waals surface area (Å²) in [4.78, 5) is 18.4. The van der Waals surface area contributed by atoms with Gasteiger partial charge in [0.15, 0.2) is 0 Å². The summed E-state index contributed by atoms with van der Waals surface area (Å²) in [6.07, 6.45) is 1.98. The predicted octanol–water partition coefficient (Wildman–Crippen LogP) is 3.82. The van der Waals surface area contributed by atoms with Crippen LogP contribution in [0.4, 0.5) is 13.6 Å². The maximum absolute atomic E-state index is 12.6. The lowest BCUT2D eigenvalue weighted by Crippen LogP contribution is -2.42. The molecule has 3 aromatic rings. The monoisotopic (exact) mass is 461 g/mol. The minimum Gasteiger partial charge on any atom is -0.444 e. The topological polar surface area (TPSA) is 112 Å². The zero-order valence-electron chi connectivity index (χ0n) is 18.6. The number of aromatic nitrogens is 6. The number of amides is 1. The van der Waals surface area contributed by atoms with Gasteiger partial charge in [-0.2, -0.15) is 8.78 Å². The highest BCUT2D eigenvalue weighted by Crippen LogP contribution is 2.27. The highest BCUT2D eigenvalue weighted by atomic mass is 19.3. The molecule has 1 amide bonds. The molecule has 33 heavy (non-hydrogen) atoms. The van der Waals surface area contributed by atoms with E-state index in [-0.39, 0.29) is 17.9 Å². The third kappa shape index (κ3) is 5.68. The third-order valence-corrected chi connectivity index (χ3v) is 5.07. The smallest absolute Gasteiger partial charge is 0.410 e. The van der Waals surface area contributed by atoms with Crippen molar-refractivity contribution >= 4 is 6.09 Å². The van der Waals surface area contributed by atoms with Crippen molar-refractivity contribution in [3.05, 3.63) is 41.8 Å². The minimum atomic E-state index is -2.82. The number of alkyl halides is 2. The largest absolute Gasteiger partial charge is 0.444 e. The van der Waals surface area contributed by atoms with E-state index in [9.17, 15) is 13.6 Å². The lowest BCUT2D eigenvalue weighted by molar-refractivity contribution is 0.0197. The molecule has 0 saturated carbocycles. The van der Waals surface area contributed by atoms with Crippen molar-refractivity contribution in [2.45, 2.75) is 58.1 Å².